The quantitative estimate of drug-likeness (QED) is 0.507. The first-order valence-corrected chi connectivity index (χ1v) is 9.07. The summed E-state index contributed by atoms with van der Waals surface area (Å²) >= 11 is 0. The maximum absolute atomic E-state index is 12.0. The molecule has 0 atom stereocenters. The van der Waals surface area contributed by atoms with E-state index in [1.165, 1.54) is 10.9 Å². The molecule has 0 heterocycles. The molecule has 1 amide bonds. The van der Waals surface area contributed by atoms with Gasteiger partial charge in [-0.05, 0) is 52.4 Å². The third kappa shape index (κ3) is 4.94. The smallest absolute Gasteiger partial charge is 0.277 e. The van der Waals surface area contributed by atoms with Gasteiger partial charge in [-0.2, -0.15) is 5.10 Å². The van der Waals surface area contributed by atoms with E-state index in [9.17, 15) is 4.79 Å². The summed E-state index contributed by atoms with van der Waals surface area (Å²) in [5.74, 6) is 0.851. The molecule has 3 aromatic carbocycles. The van der Waals surface area contributed by atoms with E-state index in [1.807, 2.05) is 55.5 Å². The van der Waals surface area contributed by atoms with E-state index in [1.54, 1.807) is 6.21 Å². The van der Waals surface area contributed by atoms with E-state index in [4.69, 9.17) is 4.74 Å². The molecule has 138 valence electrons. The number of carbonyl (C=O) groups excluding carboxylic acids is 1. The van der Waals surface area contributed by atoms with Crippen molar-refractivity contribution in [1.29, 1.82) is 0 Å². The summed E-state index contributed by atoms with van der Waals surface area (Å²) in [7, 11) is 0. The Hall–Kier alpha value is -3.14. The molecule has 0 saturated carbocycles. The molecular weight excluding hydrogens is 336 g/mol. The minimum absolute atomic E-state index is 0.0720. The number of aryl methyl sites for hydroxylation is 1. The molecule has 3 aromatic rings. The van der Waals surface area contributed by atoms with Crippen LogP contribution in [0.5, 0.6) is 5.75 Å². The molecule has 3 rings (SSSR count). The first-order chi connectivity index (χ1) is 13.0. The van der Waals surface area contributed by atoms with E-state index in [0.717, 1.165) is 22.3 Å². The molecule has 4 nitrogen and oxygen atoms in total. The third-order valence-electron chi connectivity index (χ3n) is 4.41. The number of benzene rings is 3. The Balaban J connectivity index is 1.56. The Morgan fingerprint density at radius 2 is 1.85 bits per heavy atom. The largest absolute Gasteiger partial charge is 0.483 e. The van der Waals surface area contributed by atoms with Gasteiger partial charge in [0.15, 0.2) is 6.61 Å². The van der Waals surface area contributed by atoms with E-state index in [0.29, 0.717) is 5.92 Å². The summed E-state index contributed by atoms with van der Waals surface area (Å²) in [6.07, 6.45) is 1.63. The van der Waals surface area contributed by atoms with E-state index >= 15 is 0 Å². The lowest BCUT2D eigenvalue weighted by Crippen LogP contribution is -2.24. The maximum atomic E-state index is 12.0. The van der Waals surface area contributed by atoms with Crippen LogP contribution in [0.15, 0.2) is 65.8 Å². The topological polar surface area (TPSA) is 50.7 Å². The standard InChI is InChI=1S/C23H24N2O2/c1-16(2)20-10-8-17(3)22(13-20)27-15-23(26)25-24-14-18-9-11-19-6-4-5-7-21(19)12-18/h4-14,16H,15H2,1-3H3,(H,25,26)/b24-14-. The molecule has 0 aliphatic carbocycles. The highest BCUT2D eigenvalue weighted by Crippen LogP contribution is 2.24. The zero-order valence-corrected chi connectivity index (χ0v) is 15.9. The predicted octanol–water partition coefficient (Wildman–Crippen LogP) is 4.80. The van der Waals surface area contributed by atoms with Crippen LogP contribution < -0.4 is 10.2 Å². The van der Waals surface area contributed by atoms with Crippen LogP contribution in [0.2, 0.25) is 0 Å². The predicted molar refractivity (Wildman–Crippen MR) is 110 cm³/mol. The fraction of sp³-hybridized carbons (Fsp3) is 0.217. The van der Waals surface area contributed by atoms with Gasteiger partial charge in [-0.3, -0.25) is 4.79 Å². The molecular formula is C23H24N2O2. The molecule has 0 bridgehead atoms. The average molecular weight is 360 g/mol. The first kappa shape index (κ1) is 18.6. The van der Waals surface area contributed by atoms with Gasteiger partial charge in [0, 0.05) is 0 Å². The van der Waals surface area contributed by atoms with Crippen LogP contribution in [-0.2, 0) is 4.79 Å². The number of fused-ring (bicyclic) bond motifs is 1. The Kier molecular flexibility index (Phi) is 5.87. The van der Waals surface area contributed by atoms with Crippen molar-refractivity contribution in [3.63, 3.8) is 0 Å². The van der Waals surface area contributed by atoms with Gasteiger partial charge in [-0.1, -0.05) is 62.4 Å². The van der Waals surface area contributed by atoms with Gasteiger partial charge < -0.3 is 4.74 Å². The maximum Gasteiger partial charge on any atom is 0.277 e. The first-order valence-electron chi connectivity index (χ1n) is 9.07. The summed E-state index contributed by atoms with van der Waals surface area (Å²) < 4.78 is 5.66. The van der Waals surface area contributed by atoms with Crippen molar-refractivity contribution in [3.8, 4) is 5.75 Å². The summed E-state index contributed by atoms with van der Waals surface area (Å²) in [5, 5.41) is 6.33. The highest BCUT2D eigenvalue weighted by atomic mass is 16.5. The molecule has 0 spiro atoms. The lowest BCUT2D eigenvalue weighted by atomic mass is 10.0. The molecule has 0 saturated heterocycles. The Morgan fingerprint density at radius 1 is 1.07 bits per heavy atom. The summed E-state index contributed by atoms with van der Waals surface area (Å²) in [4.78, 5) is 12.0. The van der Waals surface area contributed by atoms with E-state index in [-0.39, 0.29) is 12.5 Å². The number of hydrogen-bond acceptors (Lipinski definition) is 3. The lowest BCUT2D eigenvalue weighted by molar-refractivity contribution is -0.123. The van der Waals surface area contributed by atoms with Gasteiger partial charge in [-0.15, -0.1) is 0 Å². The SMILES string of the molecule is Cc1ccc(C(C)C)cc1OCC(=O)N/N=C\c1ccc2ccccc2c1. The second-order valence-electron chi connectivity index (χ2n) is 6.87. The van der Waals surface area contributed by atoms with Crippen LogP contribution in [0.1, 0.15) is 36.5 Å². The fourth-order valence-corrected chi connectivity index (χ4v) is 2.77. The molecule has 0 fully saturated rings. The fourth-order valence-electron chi connectivity index (χ4n) is 2.77. The van der Waals surface area contributed by atoms with Crippen LogP contribution >= 0.6 is 0 Å². The molecule has 0 aliphatic heterocycles. The van der Waals surface area contributed by atoms with Gasteiger partial charge in [-0.25, -0.2) is 5.43 Å². The summed E-state index contributed by atoms with van der Waals surface area (Å²) in [6.45, 7) is 6.15. The van der Waals surface area contributed by atoms with Crippen molar-refractivity contribution in [2.75, 3.05) is 6.61 Å². The van der Waals surface area contributed by atoms with Gasteiger partial charge in [0.2, 0.25) is 0 Å². The number of nitrogens with one attached hydrogen (secondary N) is 1. The Bertz CT molecular complexity index is 977. The van der Waals surface area contributed by atoms with Crippen molar-refractivity contribution >= 4 is 22.9 Å². The van der Waals surface area contributed by atoms with Crippen molar-refractivity contribution < 1.29 is 9.53 Å². The number of nitrogens with zero attached hydrogens (tertiary/aromatic N) is 1. The molecule has 0 unspecified atom stereocenters. The molecule has 0 aliphatic rings. The lowest BCUT2D eigenvalue weighted by Gasteiger charge is -2.12. The van der Waals surface area contributed by atoms with Gasteiger partial charge in [0.1, 0.15) is 5.75 Å². The molecule has 0 radical (unpaired) electrons. The zero-order valence-electron chi connectivity index (χ0n) is 15.9. The number of rotatable bonds is 6. The zero-order chi connectivity index (χ0) is 19.2. The van der Waals surface area contributed by atoms with E-state index in [2.05, 4.69) is 36.5 Å². The monoisotopic (exact) mass is 360 g/mol. The molecule has 27 heavy (non-hydrogen) atoms. The number of hydrazone groups is 1. The number of ether oxygens (including phenoxy) is 1. The minimum Gasteiger partial charge on any atom is -0.483 e. The van der Waals surface area contributed by atoms with Crippen LogP contribution in [0, 0.1) is 6.92 Å². The van der Waals surface area contributed by atoms with Crippen molar-refractivity contribution in [2.45, 2.75) is 26.7 Å². The minimum atomic E-state index is -0.290. The van der Waals surface area contributed by atoms with Crippen LogP contribution in [0.4, 0.5) is 0 Å². The highest BCUT2D eigenvalue weighted by molar-refractivity contribution is 5.90. The van der Waals surface area contributed by atoms with Crippen LogP contribution in [0.3, 0.4) is 0 Å². The van der Waals surface area contributed by atoms with Gasteiger partial charge in [0.25, 0.3) is 5.91 Å². The van der Waals surface area contributed by atoms with E-state index < -0.39 is 0 Å². The third-order valence-corrected chi connectivity index (χ3v) is 4.41. The number of hydrogen-bond donors (Lipinski definition) is 1. The average Bonchev–Trinajstić information content (AvgIpc) is 2.67. The normalized spacial score (nSPS) is 11.3. The summed E-state index contributed by atoms with van der Waals surface area (Å²) in [5.41, 5.74) is 5.63. The highest BCUT2D eigenvalue weighted by Gasteiger charge is 2.07. The molecule has 4 heteroatoms. The second-order valence-corrected chi connectivity index (χ2v) is 6.87. The van der Waals surface area contributed by atoms with Crippen molar-refractivity contribution in [1.82, 2.24) is 5.43 Å². The summed E-state index contributed by atoms with van der Waals surface area (Å²) in [6, 6.07) is 20.2. The van der Waals surface area contributed by atoms with Gasteiger partial charge in [0.05, 0.1) is 6.21 Å². The molecule has 0 aromatic heterocycles. The van der Waals surface area contributed by atoms with Crippen molar-refractivity contribution in [2.24, 2.45) is 5.10 Å². The Morgan fingerprint density at radius 3 is 2.63 bits per heavy atom. The van der Waals surface area contributed by atoms with Crippen LogP contribution in [-0.4, -0.2) is 18.7 Å². The number of carbonyl (C=O) groups is 1. The number of amides is 1. The Labute approximate surface area is 159 Å². The van der Waals surface area contributed by atoms with Crippen LogP contribution in [0.25, 0.3) is 10.8 Å². The second kappa shape index (κ2) is 8.49. The van der Waals surface area contributed by atoms with Gasteiger partial charge >= 0.3 is 0 Å². The molecule has 1 N–H and O–H groups in total. The van der Waals surface area contributed by atoms with Crippen molar-refractivity contribution in [3.05, 3.63) is 77.4 Å².